The van der Waals surface area contributed by atoms with Gasteiger partial charge in [0.15, 0.2) is 0 Å². The summed E-state index contributed by atoms with van der Waals surface area (Å²) < 4.78 is 0. The minimum atomic E-state index is 0.295. The maximum Gasteiger partial charge on any atom is 0.226 e. The Balaban J connectivity index is 2.95. The molecule has 0 atom stereocenters. The van der Waals surface area contributed by atoms with Gasteiger partial charge in [-0.15, -0.1) is 0 Å². The average molecular weight is 215 g/mol. The Labute approximate surface area is 89.3 Å². The van der Waals surface area contributed by atoms with Crippen LogP contribution in [0.4, 0.5) is 11.8 Å². The molecule has 1 heterocycles. The number of anilines is 2. The Morgan fingerprint density at radius 1 is 1.36 bits per heavy atom. The lowest BCUT2D eigenvalue weighted by molar-refractivity contribution is 0.871. The second-order valence-electron chi connectivity index (χ2n) is 3.57. The van der Waals surface area contributed by atoms with E-state index in [2.05, 4.69) is 15.3 Å². The van der Waals surface area contributed by atoms with Crippen LogP contribution >= 0.6 is 11.6 Å². The van der Waals surface area contributed by atoms with E-state index in [1.165, 1.54) is 0 Å². The van der Waals surface area contributed by atoms with Crippen molar-refractivity contribution in [2.45, 2.75) is 19.9 Å². The molecular formula is C9H15ClN4. The Morgan fingerprint density at radius 2 is 2.00 bits per heavy atom. The van der Waals surface area contributed by atoms with E-state index in [0.717, 1.165) is 5.82 Å². The van der Waals surface area contributed by atoms with Crippen LogP contribution in [0.15, 0.2) is 6.07 Å². The van der Waals surface area contributed by atoms with Gasteiger partial charge in [0.2, 0.25) is 5.95 Å². The van der Waals surface area contributed by atoms with Crippen molar-refractivity contribution in [3.05, 3.63) is 11.2 Å². The summed E-state index contributed by atoms with van der Waals surface area (Å²) in [4.78, 5) is 10.3. The SMILES string of the molecule is CC(C)Nc1nc(Cl)cc(N(C)C)n1. The highest BCUT2D eigenvalue weighted by Crippen LogP contribution is 2.16. The van der Waals surface area contributed by atoms with Crippen LogP contribution in [-0.2, 0) is 0 Å². The van der Waals surface area contributed by atoms with Gasteiger partial charge in [-0.05, 0) is 13.8 Å². The summed E-state index contributed by atoms with van der Waals surface area (Å²) in [5.74, 6) is 1.37. The molecule has 1 rings (SSSR count). The van der Waals surface area contributed by atoms with Crippen LogP contribution in [0.5, 0.6) is 0 Å². The van der Waals surface area contributed by atoms with E-state index in [4.69, 9.17) is 11.6 Å². The molecule has 0 unspecified atom stereocenters. The second kappa shape index (κ2) is 4.46. The summed E-state index contributed by atoms with van der Waals surface area (Å²) in [6.45, 7) is 4.05. The molecule has 0 radical (unpaired) electrons. The number of nitrogens with one attached hydrogen (secondary N) is 1. The highest BCUT2D eigenvalue weighted by atomic mass is 35.5. The molecule has 4 nitrogen and oxygen atoms in total. The smallest absolute Gasteiger partial charge is 0.226 e. The predicted octanol–water partition coefficient (Wildman–Crippen LogP) is 2.02. The van der Waals surface area contributed by atoms with Crippen LogP contribution in [0.1, 0.15) is 13.8 Å². The molecule has 0 aliphatic heterocycles. The fourth-order valence-electron chi connectivity index (χ4n) is 0.958. The van der Waals surface area contributed by atoms with Gasteiger partial charge in [0.25, 0.3) is 0 Å². The van der Waals surface area contributed by atoms with E-state index >= 15 is 0 Å². The van der Waals surface area contributed by atoms with Gasteiger partial charge < -0.3 is 10.2 Å². The van der Waals surface area contributed by atoms with E-state index in [0.29, 0.717) is 17.1 Å². The maximum atomic E-state index is 5.86. The first kappa shape index (κ1) is 11.0. The molecule has 78 valence electrons. The first-order valence-corrected chi connectivity index (χ1v) is 4.85. The summed E-state index contributed by atoms with van der Waals surface area (Å²) in [7, 11) is 3.83. The minimum Gasteiger partial charge on any atom is -0.363 e. The largest absolute Gasteiger partial charge is 0.363 e. The lowest BCUT2D eigenvalue weighted by Crippen LogP contribution is -2.16. The van der Waals surface area contributed by atoms with Crippen molar-refractivity contribution >= 4 is 23.4 Å². The van der Waals surface area contributed by atoms with Gasteiger partial charge >= 0.3 is 0 Å². The van der Waals surface area contributed by atoms with E-state index in [1.54, 1.807) is 6.07 Å². The highest BCUT2D eigenvalue weighted by molar-refractivity contribution is 6.29. The first-order valence-electron chi connectivity index (χ1n) is 4.47. The molecule has 0 saturated carbocycles. The molecule has 0 amide bonds. The van der Waals surface area contributed by atoms with Gasteiger partial charge in [-0.1, -0.05) is 11.6 Å². The van der Waals surface area contributed by atoms with E-state index in [-0.39, 0.29) is 0 Å². The van der Waals surface area contributed by atoms with E-state index < -0.39 is 0 Å². The number of halogens is 1. The van der Waals surface area contributed by atoms with Gasteiger partial charge in [0, 0.05) is 26.2 Å². The third-order valence-electron chi connectivity index (χ3n) is 1.56. The monoisotopic (exact) mass is 214 g/mol. The summed E-state index contributed by atoms with van der Waals surface area (Å²) >= 11 is 5.86. The quantitative estimate of drug-likeness (QED) is 0.782. The van der Waals surface area contributed by atoms with Crippen LogP contribution in [0.2, 0.25) is 5.15 Å². The molecule has 14 heavy (non-hydrogen) atoms. The van der Waals surface area contributed by atoms with Gasteiger partial charge in [-0.25, -0.2) is 4.98 Å². The number of hydrogen-bond donors (Lipinski definition) is 1. The Kier molecular flexibility index (Phi) is 3.52. The zero-order valence-electron chi connectivity index (χ0n) is 8.87. The number of hydrogen-bond acceptors (Lipinski definition) is 4. The third-order valence-corrected chi connectivity index (χ3v) is 1.75. The summed E-state index contributed by atoms with van der Waals surface area (Å²) in [5, 5.41) is 3.56. The standard InChI is InChI=1S/C9H15ClN4/c1-6(2)11-9-12-7(10)5-8(13-9)14(3)4/h5-6H,1-4H3,(H,11,12,13). The summed E-state index contributed by atoms with van der Waals surface area (Å²) in [6, 6.07) is 2.02. The van der Waals surface area contributed by atoms with Crippen LogP contribution in [0.25, 0.3) is 0 Å². The topological polar surface area (TPSA) is 41.1 Å². The van der Waals surface area contributed by atoms with E-state index in [1.807, 2.05) is 32.8 Å². The Hall–Kier alpha value is -1.03. The van der Waals surface area contributed by atoms with Gasteiger partial charge in [0.1, 0.15) is 11.0 Å². The lowest BCUT2D eigenvalue weighted by atomic mass is 10.4. The van der Waals surface area contributed by atoms with Crippen LogP contribution in [0.3, 0.4) is 0 Å². The Bertz CT molecular complexity index is 312. The molecular weight excluding hydrogens is 200 g/mol. The van der Waals surface area contributed by atoms with Crippen LogP contribution < -0.4 is 10.2 Å². The maximum absolute atomic E-state index is 5.86. The molecule has 0 bridgehead atoms. The highest BCUT2D eigenvalue weighted by Gasteiger charge is 2.05. The second-order valence-corrected chi connectivity index (χ2v) is 3.95. The first-order chi connectivity index (χ1) is 6.49. The fourth-order valence-corrected chi connectivity index (χ4v) is 1.14. The molecule has 0 spiro atoms. The van der Waals surface area contributed by atoms with E-state index in [9.17, 15) is 0 Å². The zero-order chi connectivity index (χ0) is 10.7. The van der Waals surface area contributed by atoms with Crippen molar-refractivity contribution in [3.63, 3.8) is 0 Å². The van der Waals surface area contributed by atoms with Crippen LogP contribution in [0, 0.1) is 0 Å². The molecule has 0 saturated heterocycles. The third kappa shape index (κ3) is 3.03. The summed E-state index contributed by atoms with van der Waals surface area (Å²) in [6.07, 6.45) is 0. The summed E-state index contributed by atoms with van der Waals surface area (Å²) in [5.41, 5.74) is 0. The fraction of sp³-hybridized carbons (Fsp3) is 0.556. The molecule has 0 aromatic carbocycles. The molecule has 0 aliphatic rings. The van der Waals surface area contributed by atoms with Gasteiger partial charge in [-0.2, -0.15) is 4.98 Å². The molecule has 5 heteroatoms. The number of aromatic nitrogens is 2. The van der Waals surface area contributed by atoms with Crippen LogP contribution in [-0.4, -0.2) is 30.1 Å². The Morgan fingerprint density at radius 3 is 2.50 bits per heavy atom. The molecule has 1 aromatic rings. The molecule has 1 aromatic heterocycles. The predicted molar refractivity (Wildman–Crippen MR) is 60.1 cm³/mol. The average Bonchev–Trinajstić information content (AvgIpc) is 2.01. The van der Waals surface area contributed by atoms with Crippen molar-refractivity contribution in [2.24, 2.45) is 0 Å². The molecule has 1 N–H and O–H groups in total. The minimum absolute atomic E-state index is 0.295. The normalized spacial score (nSPS) is 10.4. The van der Waals surface area contributed by atoms with Crippen molar-refractivity contribution < 1.29 is 0 Å². The lowest BCUT2D eigenvalue weighted by Gasteiger charge is -2.14. The number of nitrogens with zero attached hydrogens (tertiary/aromatic N) is 3. The zero-order valence-corrected chi connectivity index (χ0v) is 9.63. The number of rotatable bonds is 3. The van der Waals surface area contributed by atoms with Gasteiger partial charge in [-0.3, -0.25) is 0 Å². The van der Waals surface area contributed by atoms with Crippen molar-refractivity contribution in [3.8, 4) is 0 Å². The van der Waals surface area contributed by atoms with Gasteiger partial charge in [0.05, 0.1) is 0 Å². The van der Waals surface area contributed by atoms with Crippen molar-refractivity contribution in [2.75, 3.05) is 24.3 Å². The van der Waals surface area contributed by atoms with Crippen molar-refractivity contribution in [1.29, 1.82) is 0 Å². The molecule has 0 aliphatic carbocycles. The molecule has 0 fully saturated rings. The van der Waals surface area contributed by atoms with Crippen molar-refractivity contribution in [1.82, 2.24) is 9.97 Å².